The van der Waals surface area contributed by atoms with Crippen LogP contribution in [0.15, 0.2) is 54.6 Å². The van der Waals surface area contributed by atoms with Gasteiger partial charge in [-0.25, -0.2) is 0 Å². The molecule has 5 rings (SSSR count). The number of methoxy groups -OCH3 is 1. The van der Waals surface area contributed by atoms with Crippen molar-refractivity contribution in [1.29, 1.82) is 0 Å². The first-order valence-electron chi connectivity index (χ1n) is 10.9. The molecule has 1 aliphatic rings. The second kappa shape index (κ2) is 9.65. The van der Waals surface area contributed by atoms with Crippen LogP contribution >= 0.6 is 0 Å². The zero-order valence-electron chi connectivity index (χ0n) is 18.7. The van der Waals surface area contributed by atoms with E-state index < -0.39 is 0 Å². The number of hydrogen-bond donors (Lipinski definition) is 2. The van der Waals surface area contributed by atoms with E-state index in [2.05, 4.69) is 25.9 Å². The molecule has 0 fully saturated rings. The lowest BCUT2D eigenvalue weighted by atomic mass is 10.2. The smallest absolute Gasteiger partial charge is 0.231 e. The first-order valence-corrected chi connectivity index (χ1v) is 10.9. The normalized spacial score (nSPS) is 12.0. The molecule has 0 saturated carbocycles. The van der Waals surface area contributed by atoms with Crippen molar-refractivity contribution in [1.82, 2.24) is 25.1 Å². The lowest BCUT2D eigenvalue weighted by Crippen LogP contribution is -2.23. The third-order valence-electron chi connectivity index (χ3n) is 5.48. The lowest BCUT2D eigenvalue weighted by Gasteiger charge is -2.09. The van der Waals surface area contributed by atoms with Gasteiger partial charge in [-0.05, 0) is 35.9 Å². The Kier molecular flexibility index (Phi) is 6.11. The summed E-state index contributed by atoms with van der Waals surface area (Å²) in [6.07, 6.45) is 0.685. The molecule has 1 aliphatic heterocycles. The second-order valence-electron chi connectivity index (χ2n) is 7.73. The van der Waals surface area contributed by atoms with Crippen LogP contribution in [0.25, 0.3) is 5.65 Å². The summed E-state index contributed by atoms with van der Waals surface area (Å²) in [6, 6.07) is 17.1. The molecule has 10 heteroatoms. The maximum atomic E-state index is 12.4. The summed E-state index contributed by atoms with van der Waals surface area (Å²) in [5.74, 6) is 3.45. The van der Waals surface area contributed by atoms with E-state index in [1.807, 2.05) is 54.6 Å². The topological polar surface area (TPSA) is 112 Å². The molecule has 2 N–H and O–H groups in total. The molecule has 4 aromatic rings. The molecular weight excluding hydrogens is 436 g/mol. The number of aryl methyl sites for hydroxylation is 1. The zero-order valence-corrected chi connectivity index (χ0v) is 18.7. The highest BCUT2D eigenvalue weighted by atomic mass is 16.7. The third-order valence-corrected chi connectivity index (χ3v) is 5.48. The van der Waals surface area contributed by atoms with Gasteiger partial charge in [-0.3, -0.25) is 4.79 Å². The van der Waals surface area contributed by atoms with E-state index in [4.69, 9.17) is 14.2 Å². The molecule has 3 heterocycles. The predicted molar refractivity (Wildman–Crippen MR) is 124 cm³/mol. The van der Waals surface area contributed by atoms with E-state index >= 15 is 0 Å². The van der Waals surface area contributed by atoms with E-state index in [1.54, 1.807) is 11.6 Å². The number of para-hydroxylation sites is 1. The van der Waals surface area contributed by atoms with Gasteiger partial charge < -0.3 is 24.8 Å². The molecule has 0 saturated heterocycles. The average molecular weight is 460 g/mol. The van der Waals surface area contributed by atoms with Crippen LogP contribution < -0.4 is 24.8 Å². The number of fused-ring (bicyclic) bond motifs is 2. The Morgan fingerprint density at radius 3 is 2.85 bits per heavy atom. The van der Waals surface area contributed by atoms with Crippen molar-refractivity contribution in [2.75, 3.05) is 19.2 Å². The highest BCUT2D eigenvalue weighted by Gasteiger charge is 2.14. The minimum Gasteiger partial charge on any atom is -0.496 e. The first kappa shape index (κ1) is 21.5. The highest BCUT2D eigenvalue weighted by molar-refractivity contribution is 5.76. The molecule has 174 valence electrons. The summed E-state index contributed by atoms with van der Waals surface area (Å²) < 4.78 is 17.8. The molecule has 2 aromatic heterocycles. The fraction of sp³-hybridized carbons (Fsp3) is 0.250. The van der Waals surface area contributed by atoms with Gasteiger partial charge >= 0.3 is 0 Å². The van der Waals surface area contributed by atoms with E-state index in [-0.39, 0.29) is 19.1 Å². The molecule has 0 aliphatic carbocycles. The van der Waals surface area contributed by atoms with Gasteiger partial charge in [-0.15, -0.1) is 15.3 Å². The monoisotopic (exact) mass is 460 g/mol. The average Bonchev–Trinajstić information content (AvgIpc) is 3.51. The van der Waals surface area contributed by atoms with E-state index in [0.29, 0.717) is 36.8 Å². The number of benzene rings is 2. The fourth-order valence-corrected chi connectivity index (χ4v) is 3.68. The SMILES string of the molecule is COc1ccccc1CNC(=O)CCc1nnc2ccc(NCc3ccc4c(c3)OCO4)nn12. The summed E-state index contributed by atoms with van der Waals surface area (Å²) >= 11 is 0. The van der Waals surface area contributed by atoms with Gasteiger partial charge in [0.25, 0.3) is 0 Å². The number of rotatable bonds is 9. The van der Waals surface area contributed by atoms with Crippen molar-refractivity contribution in [3.8, 4) is 17.2 Å². The van der Waals surface area contributed by atoms with Crippen LogP contribution in [0.3, 0.4) is 0 Å². The Labute approximate surface area is 195 Å². The van der Waals surface area contributed by atoms with Gasteiger partial charge in [0.15, 0.2) is 23.0 Å². The number of ether oxygens (including phenoxy) is 3. The minimum atomic E-state index is -0.0836. The molecule has 2 aromatic carbocycles. The van der Waals surface area contributed by atoms with Crippen LogP contribution in [-0.2, 0) is 24.3 Å². The van der Waals surface area contributed by atoms with Crippen LogP contribution in [0.4, 0.5) is 5.82 Å². The van der Waals surface area contributed by atoms with Crippen LogP contribution in [0.5, 0.6) is 17.2 Å². The van der Waals surface area contributed by atoms with Gasteiger partial charge in [-0.1, -0.05) is 24.3 Å². The van der Waals surface area contributed by atoms with Crippen molar-refractivity contribution in [3.63, 3.8) is 0 Å². The van der Waals surface area contributed by atoms with Crippen LogP contribution in [0.2, 0.25) is 0 Å². The lowest BCUT2D eigenvalue weighted by molar-refractivity contribution is -0.121. The Hall–Kier alpha value is -4.34. The first-order chi connectivity index (χ1) is 16.7. The van der Waals surface area contributed by atoms with Gasteiger partial charge in [0.05, 0.1) is 7.11 Å². The molecule has 0 unspecified atom stereocenters. The third kappa shape index (κ3) is 4.70. The van der Waals surface area contributed by atoms with Crippen molar-refractivity contribution < 1.29 is 19.0 Å². The Morgan fingerprint density at radius 2 is 1.94 bits per heavy atom. The Bertz CT molecular complexity index is 1320. The summed E-state index contributed by atoms with van der Waals surface area (Å²) in [4.78, 5) is 12.4. The molecule has 0 atom stereocenters. The number of carbonyl (C=O) groups excluding carboxylic acids is 1. The molecule has 10 nitrogen and oxygen atoms in total. The quantitative estimate of drug-likeness (QED) is 0.392. The number of nitrogens with zero attached hydrogens (tertiary/aromatic N) is 4. The largest absolute Gasteiger partial charge is 0.496 e. The van der Waals surface area contributed by atoms with Gasteiger partial charge in [-0.2, -0.15) is 4.52 Å². The fourth-order valence-electron chi connectivity index (χ4n) is 3.68. The number of nitrogens with one attached hydrogen (secondary N) is 2. The molecule has 0 bridgehead atoms. The Morgan fingerprint density at radius 1 is 1.06 bits per heavy atom. The second-order valence-corrected chi connectivity index (χ2v) is 7.73. The maximum absolute atomic E-state index is 12.4. The van der Waals surface area contributed by atoms with Crippen molar-refractivity contribution >= 4 is 17.4 Å². The van der Waals surface area contributed by atoms with E-state index in [0.717, 1.165) is 28.4 Å². The zero-order chi connectivity index (χ0) is 23.3. The van der Waals surface area contributed by atoms with E-state index in [9.17, 15) is 4.79 Å². The standard InChI is InChI=1S/C24H24N6O4/c1-32-18-5-3-2-4-17(18)14-26-24(31)11-10-23-28-27-22-9-8-21(29-30(22)23)25-13-16-6-7-19-20(12-16)34-15-33-19/h2-9,12H,10-11,13-15H2,1H3,(H,25,29)(H,26,31). The van der Waals surface area contributed by atoms with E-state index in [1.165, 1.54) is 0 Å². The van der Waals surface area contributed by atoms with Crippen LogP contribution in [0, 0.1) is 0 Å². The number of anilines is 1. The Balaban J connectivity index is 1.18. The minimum absolute atomic E-state index is 0.0836. The summed E-state index contributed by atoms with van der Waals surface area (Å²) in [6.45, 7) is 1.22. The predicted octanol–water partition coefficient (Wildman–Crippen LogP) is 2.72. The number of carbonyl (C=O) groups is 1. The number of amides is 1. The molecule has 0 spiro atoms. The highest BCUT2D eigenvalue weighted by Crippen LogP contribution is 2.32. The summed E-state index contributed by atoms with van der Waals surface area (Å²) in [5, 5.41) is 19.2. The van der Waals surface area contributed by atoms with Crippen LogP contribution in [-0.4, -0.2) is 39.6 Å². The van der Waals surface area contributed by atoms with Crippen LogP contribution in [0.1, 0.15) is 23.4 Å². The molecular formula is C24H24N6O4. The molecule has 1 amide bonds. The summed E-state index contributed by atoms with van der Waals surface area (Å²) in [7, 11) is 1.61. The number of hydrogen-bond acceptors (Lipinski definition) is 8. The molecule has 0 radical (unpaired) electrons. The summed E-state index contributed by atoms with van der Waals surface area (Å²) in [5.41, 5.74) is 2.59. The van der Waals surface area contributed by atoms with Crippen molar-refractivity contribution in [2.24, 2.45) is 0 Å². The van der Waals surface area contributed by atoms with Gasteiger partial charge in [0.2, 0.25) is 12.7 Å². The maximum Gasteiger partial charge on any atom is 0.231 e. The number of aromatic nitrogens is 4. The van der Waals surface area contributed by atoms with Crippen molar-refractivity contribution in [2.45, 2.75) is 25.9 Å². The van der Waals surface area contributed by atoms with Crippen molar-refractivity contribution in [3.05, 3.63) is 71.5 Å². The van der Waals surface area contributed by atoms with Gasteiger partial charge in [0, 0.05) is 31.5 Å². The van der Waals surface area contributed by atoms with Gasteiger partial charge in [0.1, 0.15) is 11.6 Å². The molecule has 34 heavy (non-hydrogen) atoms.